The van der Waals surface area contributed by atoms with Crippen LogP contribution >= 0.6 is 0 Å². The molecule has 0 aliphatic carbocycles. The average molecular weight is 393 g/mol. The smallest absolute Gasteiger partial charge is 0.418 e. The summed E-state index contributed by atoms with van der Waals surface area (Å²) in [7, 11) is -6.00. The van der Waals surface area contributed by atoms with Gasteiger partial charge >= 0.3 is 13.2 Å². The van der Waals surface area contributed by atoms with Crippen molar-refractivity contribution in [2.45, 2.75) is 115 Å². The Kier molecular flexibility index (Phi) is 8.74. The Morgan fingerprint density at radius 3 is 2.07 bits per heavy atom. The number of nitrogens with zero attached hydrogens (tertiary/aromatic N) is 1. The van der Waals surface area contributed by atoms with Gasteiger partial charge in [-0.2, -0.15) is 0 Å². The van der Waals surface area contributed by atoms with Crippen LogP contribution in [0, 0.1) is 0 Å². The van der Waals surface area contributed by atoms with E-state index < -0.39 is 7.25 Å². The first-order valence-electron chi connectivity index (χ1n) is 10.8. The van der Waals surface area contributed by atoms with E-state index in [4.69, 9.17) is 0 Å². The highest BCUT2D eigenvalue weighted by Crippen LogP contribution is 2.31. The minimum Gasteiger partial charge on any atom is -0.418 e. The third kappa shape index (κ3) is 7.90. The summed E-state index contributed by atoms with van der Waals surface area (Å²) in [5.74, 6) is 1.37. The summed E-state index contributed by atoms with van der Waals surface area (Å²) in [6.45, 7) is 4.63. The van der Waals surface area contributed by atoms with E-state index in [1.807, 2.05) is 0 Å². The quantitative estimate of drug-likeness (QED) is 0.261. The lowest BCUT2D eigenvalue weighted by Gasteiger charge is -2.35. The van der Waals surface area contributed by atoms with Gasteiger partial charge in [0.2, 0.25) is 0 Å². The molecule has 2 N–H and O–H groups in total. The van der Waals surface area contributed by atoms with E-state index in [2.05, 4.69) is 29.1 Å². The number of halogens is 4. The molecule has 4 atom stereocenters. The Morgan fingerprint density at radius 2 is 1.44 bits per heavy atom. The molecule has 0 unspecified atom stereocenters. The third-order valence-corrected chi connectivity index (χ3v) is 5.94. The van der Waals surface area contributed by atoms with Crippen LogP contribution in [0.1, 0.15) is 90.9 Å². The molecule has 1 saturated heterocycles. The molecule has 1 fully saturated rings. The van der Waals surface area contributed by atoms with Gasteiger partial charge in [-0.15, -0.1) is 0 Å². The van der Waals surface area contributed by atoms with Crippen LogP contribution in [0.5, 0.6) is 0 Å². The van der Waals surface area contributed by atoms with Gasteiger partial charge in [0, 0.05) is 12.8 Å². The first-order chi connectivity index (χ1) is 12.8. The van der Waals surface area contributed by atoms with Gasteiger partial charge in [0.05, 0.1) is 24.2 Å². The van der Waals surface area contributed by atoms with E-state index in [0.29, 0.717) is 12.1 Å². The van der Waals surface area contributed by atoms with Crippen molar-refractivity contribution in [2.24, 2.45) is 0 Å². The van der Waals surface area contributed by atoms with E-state index in [1.54, 1.807) is 0 Å². The van der Waals surface area contributed by atoms with Crippen LogP contribution in [0.25, 0.3) is 0 Å². The lowest BCUT2D eigenvalue weighted by Crippen LogP contribution is -2.61. The zero-order valence-electron chi connectivity index (χ0n) is 16.8. The Labute approximate surface area is 161 Å². The second-order valence-electron chi connectivity index (χ2n) is 8.40. The molecule has 8 heteroatoms. The summed E-state index contributed by atoms with van der Waals surface area (Å²) in [5, 5.41) is 7.53. The third-order valence-electron chi connectivity index (χ3n) is 5.94. The fraction of sp³-hybridized carbons (Fsp3) is 0.947. The second-order valence-corrected chi connectivity index (χ2v) is 8.40. The predicted molar refractivity (Wildman–Crippen MR) is 104 cm³/mol. The molecule has 3 nitrogen and oxygen atoms in total. The normalized spacial score (nSPS) is 29.4. The number of nitrogens with one attached hydrogen (secondary N) is 2. The molecule has 3 aliphatic heterocycles. The molecule has 0 saturated carbocycles. The lowest BCUT2D eigenvalue weighted by atomic mass is 9.97. The molecular formula is C19H36BF4N3. The predicted octanol–water partition coefficient (Wildman–Crippen LogP) is 5.07. The van der Waals surface area contributed by atoms with Crippen molar-refractivity contribution in [3.05, 3.63) is 0 Å². The van der Waals surface area contributed by atoms with Crippen molar-refractivity contribution < 1.29 is 21.8 Å². The maximum Gasteiger partial charge on any atom is 0.673 e. The number of hydrogen-bond acceptors (Lipinski definition) is 2. The Hall–Kier alpha value is -0.945. The van der Waals surface area contributed by atoms with Crippen LogP contribution in [0.4, 0.5) is 17.3 Å². The Bertz CT molecular complexity index is 478. The van der Waals surface area contributed by atoms with E-state index in [9.17, 15) is 17.3 Å². The number of guanidine groups is 1. The Balaban J connectivity index is 0.000000465. The molecule has 0 spiro atoms. The van der Waals surface area contributed by atoms with E-state index in [0.717, 1.165) is 12.1 Å². The standard InChI is InChI=1S/C19H35N3.BF4/c1-3-4-5-6-7-8-9-10-16-14-18-12-11-17-13-15(2)20-19(21-16)22(17)18;2-1(3,4)5/h15-18H,3-14H2,1-2H3,(H,20,21);/q;-1/p+1/t15-,16+,17+,18-;/m0./s1. The molecule has 0 aromatic rings. The summed E-state index contributed by atoms with van der Waals surface area (Å²) >= 11 is 0. The van der Waals surface area contributed by atoms with Crippen LogP contribution in [-0.2, 0) is 0 Å². The summed E-state index contributed by atoms with van der Waals surface area (Å²) in [5.41, 5.74) is 0. The average Bonchev–Trinajstić information content (AvgIpc) is 2.96. The van der Waals surface area contributed by atoms with Gasteiger partial charge < -0.3 is 17.3 Å². The van der Waals surface area contributed by atoms with Crippen LogP contribution in [0.3, 0.4) is 0 Å². The van der Waals surface area contributed by atoms with Crippen LogP contribution < -0.4 is 10.6 Å². The molecule has 3 aliphatic rings. The van der Waals surface area contributed by atoms with E-state index in [-0.39, 0.29) is 0 Å². The van der Waals surface area contributed by atoms with Crippen LogP contribution in [0.2, 0.25) is 0 Å². The highest BCUT2D eigenvalue weighted by atomic mass is 19.5. The van der Waals surface area contributed by atoms with E-state index in [1.165, 1.54) is 83.0 Å². The largest absolute Gasteiger partial charge is 0.673 e. The molecule has 0 amide bonds. The monoisotopic (exact) mass is 393 g/mol. The first-order valence-corrected chi connectivity index (χ1v) is 10.8. The molecule has 0 aromatic carbocycles. The first kappa shape index (κ1) is 22.3. The zero-order valence-corrected chi connectivity index (χ0v) is 16.8. The molecule has 3 rings (SSSR count). The summed E-state index contributed by atoms with van der Waals surface area (Å²) < 4.78 is 41.7. The van der Waals surface area contributed by atoms with Gasteiger partial charge in [0.1, 0.15) is 0 Å². The molecule has 0 radical (unpaired) electrons. The van der Waals surface area contributed by atoms with Gasteiger partial charge in [-0.25, -0.2) is 0 Å². The number of rotatable bonds is 8. The maximum absolute atomic E-state index is 9.75. The van der Waals surface area contributed by atoms with Gasteiger partial charge in [-0.3, -0.25) is 15.2 Å². The van der Waals surface area contributed by atoms with Crippen molar-refractivity contribution >= 4 is 13.2 Å². The molecule has 3 heterocycles. The van der Waals surface area contributed by atoms with Crippen LogP contribution in [-0.4, -0.2) is 42.0 Å². The van der Waals surface area contributed by atoms with Crippen molar-refractivity contribution in [2.75, 3.05) is 0 Å². The van der Waals surface area contributed by atoms with Gasteiger partial charge in [-0.1, -0.05) is 51.9 Å². The van der Waals surface area contributed by atoms with Crippen LogP contribution in [0.15, 0.2) is 0 Å². The zero-order chi connectivity index (χ0) is 19.9. The molecule has 0 bridgehead atoms. The minimum absolute atomic E-state index is 0.639. The lowest BCUT2D eigenvalue weighted by molar-refractivity contribution is -0.593. The SMILES string of the molecule is CCCCCCCCC[C@@H]1C[C@@H]2CC[C@@H]3C[C@H](C)NC(=[N+]32)N1.F[B-](F)(F)F. The van der Waals surface area contributed by atoms with Crippen molar-refractivity contribution in [3.8, 4) is 0 Å². The number of unbranched alkanes of at least 4 members (excludes halogenated alkanes) is 6. The van der Waals surface area contributed by atoms with Crippen molar-refractivity contribution in [1.82, 2.24) is 10.6 Å². The minimum atomic E-state index is -6.00. The van der Waals surface area contributed by atoms with E-state index >= 15 is 0 Å². The molecule has 0 aromatic heterocycles. The topological polar surface area (TPSA) is 27.1 Å². The van der Waals surface area contributed by atoms with Crippen molar-refractivity contribution in [3.63, 3.8) is 0 Å². The van der Waals surface area contributed by atoms with Gasteiger partial charge in [0.25, 0.3) is 0 Å². The molecule has 158 valence electrons. The summed E-state index contributed by atoms with van der Waals surface area (Å²) in [4.78, 5) is 0. The Morgan fingerprint density at radius 1 is 0.889 bits per heavy atom. The number of hydrogen-bond donors (Lipinski definition) is 2. The maximum atomic E-state index is 9.75. The van der Waals surface area contributed by atoms with Gasteiger partial charge in [0.15, 0.2) is 0 Å². The van der Waals surface area contributed by atoms with Crippen molar-refractivity contribution in [1.29, 1.82) is 0 Å². The highest BCUT2D eigenvalue weighted by Gasteiger charge is 2.44. The summed E-state index contributed by atoms with van der Waals surface area (Å²) in [6, 6.07) is 2.97. The highest BCUT2D eigenvalue weighted by molar-refractivity contribution is 6.50. The fourth-order valence-electron chi connectivity index (χ4n) is 4.80. The summed E-state index contributed by atoms with van der Waals surface area (Å²) in [6.07, 6.45) is 16.8. The molecule has 27 heavy (non-hydrogen) atoms. The fourth-order valence-corrected chi connectivity index (χ4v) is 4.80. The molecular weight excluding hydrogens is 357 g/mol. The van der Waals surface area contributed by atoms with Gasteiger partial charge in [-0.05, 0) is 26.2 Å². The second kappa shape index (κ2) is 10.6.